The van der Waals surface area contributed by atoms with Crippen LogP contribution in [-0.4, -0.2) is 23.5 Å². The average molecular weight is 243 g/mol. The van der Waals surface area contributed by atoms with E-state index in [1.54, 1.807) is 0 Å². The van der Waals surface area contributed by atoms with Crippen molar-refractivity contribution >= 4 is 11.9 Å². The molecule has 0 bridgehead atoms. The first-order valence-electron chi connectivity index (χ1n) is 5.73. The number of nitrogens with one attached hydrogen (secondary N) is 1. The summed E-state index contributed by atoms with van der Waals surface area (Å²) in [6.07, 6.45) is 0.438. The minimum Gasteiger partial charge on any atom is -0.481 e. The average Bonchev–Trinajstić information content (AvgIpc) is 3.16. The predicted molar refractivity (Wildman–Crippen MR) is 65.6 cm³/mol. The van der Waals surface area contributed by atoms with Gasteiger partial charge >= 0.3 is 5.97 Å². The highest BCUT2D eigenvalue weighted by Gasteiger charge is 2.48. The highest BCUT2D eigenvalue weighted by Crippen LogP contribution is 2.38. The highest BCUT2D eigenvalue weighted by atomic mass is 16.4. The Morgan fingerprint density at radius 2 is 2.00 bits per heavy atom. The summed E-state index contributed by atoms with van der Waals surface area (Å²) in [5.74, 6) is 3.75. The van der Waals surface area contributed by atoms with Gasteiger partial charge in [0.15, 0.2) is 0 Å². The predicted octanol–water partition coefficient (Wildman–Crippen LogP) is 0.875. The van der Waals surface area contributed by atoms with Gasteiger partial charge in [0.25, 0.3) is 0 Å². The lowest BCUT2D eigenvalue weighted by atomic mass is 10.2. The van der Waals surface area contributed by atoms with Crippen molar-refractivity contribution in [3.63, 3.8) is 0 Å². The first-order valence-corrected chi connectivity index (χ1v) is 5.73. The van der Waals surface area contributed by atoms with Crippen molar-refractivity contribution in [2.75, 3.05) is 6.54 Å². The molecule has 2 N–H and O–H groups in total. The van der Waals surface area contributed by atoms with Crippen LogP contribution >= 0.6 is 0 Å². The molecular weight excluding hydrogens is 230 g/mol. The first kappa shape index (κ1) is 12.2. The van der Waals surface area contributed by atoms with Gasteiger partial charge in [0.1, 0.15) is 0 Å². The van der Waals surface area contributed by atoms with Gasteiger partial charge in [0.05, 0.1) is 18.4 Å². The number of amides is 1. The molecule has 1 saturated carbocycles. The fourth-order valence-electron chi connectivity index (χ4n) is 1.69. The van der Waals surface area contributed by atoms with Crippen molar-refractivity contribution < 1.29 is 14.7 Å². The molecule has 1 aliphatic rings. The van der Waals surface area contributed by atoms with E-state index in [1.807, 2.05) is 30.3 Å². The van der Waals surface area contributed by atoms with Crippen LogP contribution in [0.1, 0.15) is 12.0 Å². The normalized spacial score (nSPS) is 20.4. The quantitative estimate of drug-likeness (QED) is 0.774. The van der Waals surface area contributed by atoms with Crippen molar-refractivity contribution in [2.45, 2.75) is 6.42 Å². The zero-order chi connectivity index (χ0) is 13.0. The maximum absolute atomic E-state index is 11.5. The van der Waals surface area contributed by atoms with Crippen LogP contribution in [0.4, 0.5) is 0 Å². The number of carboxylic acids is 1. The first-order chi connectivity index (χ1) is 8.68. The van der Waals surface area contributed by atoms with Gasteiger partial charge in [-0.1, -0.05) is 30.0 Å². The molecule has 1 aromatic rings. The Hall–Kier alpha value is -2.28. The second-order valence-electron chi connectivity index (χ2n) is 4.17. The Bertz CT molecular complexity index is 513. The number of carboxylic acid groups (broad SMARTS) is 1. The van der Waals surface area contributed by atoms with Crippen LogP contribution in [0.2, 0.25) is 0 Å². The van der Waals surface area contributed by atoms with Crippen molar-refractivity contribution in [3.8, 4) is 11.8 Å². The summed E-state index contributed by atoms with van der Waals surface area (Å²) in [6, 6.07) is 9.47. The fourth-order valence-corrected chi connectivity index (χ4v) is 1.69. The Kier molecular flexibility index (Phi) is 3.63. The van der Waals surface area contributed by atoms with E-state index in [9.17, 15) is 9.59 Å². The number of hydrogen-bond acceptors (Lipinski definition) is 2. The lowest BCUT2D eigenvalue weighted by Gasteiger charge is -1.98. The second-order valence-corrected chi connectivity index (χ2v) is 4.17. The van der Waals surface area contributed by atoms with E-state index >= 15 is 0 Å². The second kappa shape index (κ2) is 5.37. The molecule has 0 spiro atoms. The maximum Gasteiger partial charge on any atom is 0.307 e. The van der Waals surface area contributed by atoms with E-state index in [0.717, 1.165) is 5.56 Å². The lowest BCUT2D eigenvalue weighted by molar-refractivity contribution is -0.140. The molecule has 18 heavy (non-hydrogen) atoms. The van der Waals surface area contributed by atoms with Crippen molar-refractivity contribution in [1.29, 1.82) is 0 Å². The van der Waals surface area contributed by atoms with Gasteiger partial charge in [-0.25, -0.2) is 0 Å². The van der Waals surface area contributed by atoms with Crippen LogP contribution in [0.15, 0.2) is 30.3 Å². The van der Waals surface area contributed by atoms with Crippen molar-refractivity contribution in [1.82, 2.24) is 5.32 Å². The van der Waals surface area contributed by atoms with Crippen LogP contribution < -0.4 is 5.32 Å². The van der Waals surface area contributed by atoms with Gasteiger partial charge in [0.2, 0.25) is 5.91 Å². The Balaban J connectivity index is 1.75. The summed E-state index contributed by atoms with van der Waals surface area (Å²) >= 11 is 0. The third-order valence-corrected chi connectivity index (χ3v) is 2.80. The van der Waals surface area contributed by atoms with Crippen LogP contribution in [0.3, 0.4) is 0 Å². The van der Waals surface area contributed by atoms with Crippen LogP contribution in [0.25, 0.3) is 0 Å². The summed E-state index contributed by atoms with van der Waals surface area (Å²) in [5.41, 5.74) is 0.890. The minimum atomic E-state index is -0.898. The molecule has 1 fully saturated rings. The van der Waals surface area contributed by atoms with E-state index < -0.39 is 11.9 Å². The van der Waals surface area contributed by atoms with Gasteiger partial charge in [-0.15, -0.1) is 0 Å². The Morgan fingerprint density at radius 1 is 1.28 bits per heavy atom. The number of benzene rings is 1. The SMILES string of the molecule is O=C(O)C1CC1C(=O)NCC#Cc1ccccc1. The molecule has 0 radical (unpaired) electrons. The molecule has 4 nitrogen and oxygen atoms in total. The Labute approximate surface area is 105 Å². The molecule has 1 aromatic carbocycles. The van der Waals surface area contributed by atoms with E-state index in [2.05, 4.69) is 17.2 Å². The van der Waals surface area contributed by atoms with Crippen LogP contribution in [0.5, 0.6) is 0 Å². The van der Waals surface area contributed by atoms with Crippen LogP contribution in [0, 0.1) is 23.7 Å². The number of carbonyl (C=O) groups excluding carboxylic acids is 1. The summed E-state index contributed by atoms with van der Waals surface area (Å²) in [6.45, 7) is 0.247. The summed E-state index contributed by atoms with van der Waals surface area (Å²) < 4.78 is 0. The third-order valence-electron chi connectivity index (χ3n) is 2.80. The Morgan fingerprint density at radius 3 is 2.61 bits per heavy atom. The lowest BCUT2D eigenvalue weighted by Crippen LogP contribution is -2.26. The molecular formula is C14H13NO3. The molecule has 0 heterocycles. The molecule has 0 aromatic heterocycles. The monoisotopic (exact) mass is 243 g/mol. The standard InChI is InChI=1S/C14H13NO3/c16-13(11-9-12(11)14(17)18)15-8-4-7-10-5-2-1-3-6-10/h1-3,5-6,11-12H,8-9H2,(H,15,16)(H,17,18). The number of rotatable bonds is 3. The number of hydrogen-bond donors (Lipinski definition) is 2. The molecule has 0 aliphatic heterocycles. The molecule has 1 aliphatic carbocycles. The van der Waals surface area contributed by atoms with E-state index in [1.165, 1.54) is 0 Å². The molecule has 0 saturated heterocycles. The van der Waals surface area contributed by atoms with E-state index in [4.69, 9.17) is 5.11 Å². The van der Waals surface area contributed by atoms with Crippen molar-refractivity contribution in [2.24, 2.45) is 11.8 Å². The summed E-state index contributed by atoms with van der Waals surface area (Å²) in [7, 11) is 0. The van der Waals surface area contributed by atoms with E-state index in [-0.39, 0.29) is 18.4 Å². The topological polar surface area (TPSA) is 66.4 Å². The molecule has 4 heteroatoms. The molecule has 2 unspecified atom stereocenters. The van der Waals surface area contributed by atoms with Crippen LogP contribution in [-0.2, 0) is 9.59 Å². The number of carbonyl (C=O) groups is 2. The van der Waals surface area contributed by atoms with E-state index in [0.29, 0.717) is 6.42 Å². The third kappa shape index (κ3) is 3.11. The zero-order valence-corrected chi connectivity index (χ0v) is 9.72. The molecule has 92 valence electrons. The maximum atomic E-state index is 11.5. The van der Waals surface area contributed by atoms with Gasteiger partial charge in [-0.3, -0.25) is 9.59 Å². The fraction of sp³-hybridized carbons (Fsp3) is 0.286. The van der Waals surface area contributed by atoms with Gasteiger partial charge in [-0.2, -0.15) is 0 Å². The summed E-state index contributed by atoms with van der Waals surface area (Å²) in [5, 5.41) is 11.3. The van der Waals surface area contributed by atoms with Gasteiger partial charge in [-0.05, 0) is 18.6 Å². The summed E-state index contributed by atoms with van der Waals surface area (Å²) in [4.78, 5) is 22.1. The van der Waals surface area contributed by atoms with Gasteiger partial charge < -0.3 is 10.4 Å². The molecule has 2 atom stereocenters. The van der Waals surface area contributed by atoms with Gasteiger partial charge in [0, 0.05) is 5.56 Å². The minimum absolute atomic E-state index is 0.218. The molecule has 1 amide bonds. The highest BCUT2D eigenvalue weighted by molar-refractivity contribution is 5.89. The zero-order valence-electron chi connectivity index (χ0n) is 9.72. The molecule has 2 rings (SSSR count). The largest absolute Gasteiger partial charge is 0.481 e. The van der Waals surface area contributed by atoms with Crippen molar-refractivity contribution in [3.05, 3.63) is 35.9 Å². The smallest absolute Gasteiger partial charge is 0.307 e. The number of aliphatic carboxylic acids is 1.